The summed E-state index contributed by atoms with van der Waals surface area (Å²) >= 11 is 6.03. The fourth-order valence-electron chi connectivity index (χ4n) is 4.35. The van der Waals surface area contributed by atoms with Crippen LogP contribution in [0.5, 0.6) is 0 Å². The van der Waals surface area contributed by atoms with Gasteiger partial charge in [-0.15, -0.1) is 0 Å². The fraction of sp³-hybridized carbons (Fsp3) is 0.480. The topological polar surface area (TPSA) is 96.4 Å². The zero-order valence-electron chi connectivity index (χ0n) is 20.1. The highest BCUT2D eigenvalue weighted by atomic mass is 35.5. The summed E-state index contributed by atoms with van der Waals surface area (Å²) in [5.74, 6) is 1.83. The molecule has 1 amide bonds. The van der Waals surface area contributed by atoms with Gasteiger partial charge >= 0.3 is 6.09 Å². The Morgan fingerprint density at radius 1 is 1.17 bits per heavy atom. The predicted octanol–water partition coefficient (Wildman–Crippen LogP) is 4.16. The minimum absolute atomic E-state index is 0.0183. The van der Waals surface area contributed by atoms with E-state index in [0.717, 1.165) is 30.1 Å². The van der Waals surface area contributed by atoms with E-state index in [1.807, 2.05) is 45.0 Å². The van der Waals surface area contributed by atoms with Crippen LogP contribution in [0.1, 0.15) is 44.9 Å². The van der Waals surface area contributed by atoms with Crippen molar-refractivity contribution >= 4 is 45.8 Å². The van der Waals surface area contributed by atoms with E-state index in [0.29, 0.717) is 35.4 Å². The molecule has 1 saturated carbocycles. The molecular formula is C25H30ClN5O3S. The molecular weight excluding hydrogens is 486 g/mol. The van der Waals surface area contributed by atoms with Gasteiger partial charge in [-0.25, -0.2) is 9.78 Å². The van der Waals surface area contributed by atoms with Crippen LogP contribution in [0.25, 0.3) is 5.57 Å². The molecule has 2 N–H and O–H groups in total. The second-order valence-corrected chi connectivity index (χ2v) is 12.1. The van der Waals surface area contributed by atoms with Crippen LogP contribution in [-0.4, -0.2) is 56.8 Å². The van der Waals surface area contributed by atoms with Crippen LogP contribution in [0.15, 0.2) is 35.2 Å². The van der Waals surface area contributed by atoms with E-state index >= 15 is 0 Å². The molecule has 3 heterocycles. The van der Waals surface area contributed by atoms with Gasteiger partial charge in [0.2, 0.25) is 5.95 Å². The van der Waals surface area contributed by atoms with Crippen molar-refractivity contribution in [2.24, 2.45) is 0 Å². The highest BCUT2D eigenvalue weighted by Gasteiger charge is 2.41. The molecule has 2 aromatic rings. The predicted molar refractivity (Wildman–Crippen MR) is 138 cm³/mol. The summed E-state index contributed by atoms with van der Waals surface area (Å²) in [5.41, 5.74) is 2.77. The van der Waals surface area contributed by atoms with Gasteiger partial charge in [-0.3, -0.25) is 4.21 Å². The number of carbonyl (C=O) groups is 1. The third kappa shape index (κ3) is 5.62. The van der Waals surface area contributed by atoms with Crippen molar-refractivity contribution in [3.63, 3.8) is 0 Å². The second-order valence-electron chi connectivity index (χ2n) is 10.1. The third-order valence-corrected chi connectivity index (χ3v) is 7.91. The second kappa shape index (κ2) is 9.43. The van der Waals surface area contributed by atoms with E-state index < -0.39 is 22.5 Å². The van der Waals surface area contributed by atoms with Gasteiger partial charge in [-0.05, 0) is 56.9 Å². The van der Waals surface area contributed by atoms with E-state index in [2.05, 4.69) is 21.6 Å². The van der Waals surface area contributed by atoms with Gasteiger partial charge in [0.1, 0.15) is 16.3 Å². The number of fused-ring (bicyclic) bond motifs is 1. The van der Waals surface area contributed by atoms with Crippen molar-refractivity contribution in [3.05, 3.63) is 46.6 Å². The number of rotatable bonds is 5. The number of hydrogen-bond acceptors (Lipinski definition) is 7. The van der Waals surface area contributed by atoms with Crippen LogP contribution in [0, 0.1) is 0 Å². The summed E-state index contributed by atoms with van der Waals surface area (Å²) in [6.07, 6.45) is 4.09. The number of benzene rings is 1. The number of ether oxygens (including phenoxy) is 1. The maximum Gasteiger partial charge on any atom is 0.407 e. The maximum atomic E-state index is 12.7. The molecule has 1 unspecified atom stereocenters. The van der Waals surface area contributed by atoms with Crippen molar-refractivity contribution in [1.82, 2.24) is 15.3 Å². The summed E-state index contributed by atoms with van der Waals surface area (Å²) in [6, 6.07) is 7.89. The monoisotopic (exact) mass is 515 g/mol. The summed E-state index contributed by atoms with van der Waals surface area (Å²) in [5, 5.41) is 7.04. The molecule has 35 heavy (non-hydrogen) atoms. The Kier molecular flexibility index (Phi) is 6.48. The van der Waals surface area contributed by atoms with Crippen molar-refractivity contribution in [3.8, 4) is 0 Å². The van der Waals surface area contributed by atoms with Gasteiger partial charge in [-0.1, -0.05) is 29.8 Å². The molecule has 8 nitrogen and oxygen atoms in total. The molecule has 2 aliphatic heterocycles. The van der Waals surface area contributed by atoms with Gasteiger partial charge in [-0.2, -0.15) is 4.98 Å². The molecule has 3 atom stereocenters. The molecule has 3 aliphatic rings. The molecule has 1 fully saturated rings. The number of aromatic nitrogens is 2. The highest BCUT2D eigenvalue weighted by molar-refractivity contribution is 7.85. The van der Waals surface area contributed by atoms with Crippen molar-refractivity contribution < 1.29 is 13.7 Å². The van der Waals surface area contributed by atoms with Gasteiger partial charge in [0.05, 0.1) is 28.6 Å². The molecule has 0 spiro atoms. The quantitative estimate of drug-likeness (QED) is 0.617. The Hall–Kier alpha value is -2.65. The molecule has 5 rings (SSSR count). The van der Waals surface area contributed by atoms with E-state index in [4.69, 9.17) is 26.3 Å². The molecule has 0 bridgehead atoms. The van der Waals surface area contributed by atoms with Crippen LogP contribution >= 0.6 is 11.6 Å². The first-order valence-corrected chi connectivity index (χ1v) is 13.6. The standard InChI is InChI=1S/C25H30ClN5O3S/c1-25(2,3)34-24(32)29-20-14-19(20)27-22-21-18(10-13-35(21)33)28-23(30-22)31-11-8-16(9-12-31)15-4-6-17(26)7-5-15/h4-8,19-20H,9-14H2,1-3H3,(H,29,32)(H,27,28,30)/t19-,20-,35?/m0/s1. The largest absolute Gasteiger partial charge is 0.444 e. The van der Waals surface area contributed by atoms with E-state index in [1.54, 1.807) is 0 Å². The minimum atomic E-state index is -1.12. The lowest BCUT2D eigenvalue weighted by Gasteiger charge is -2.27. The number of alkyl carbamates (subject to hydrolysis) is 1. The number of amides is 1. The smallest absolute Gasteiger partial charge is 0.407 e. The summed E-state index contributed by atoms with van der Waals surface area (Å²) < 4.78 is 18.0. The Bertz CT molecular complexity index is 1190. The maximum absolute atomic E-state index is 12.7. The molecule has 1 aliphatic carbocycles. The Balaban J connectivity index is 1.29. The summed E-state index contributed by atoms with van der Waals surface area (Å²) in [4.78, 5) is 24.5. The van der Waals surface area contributed by atoms with Crippen molar-refractivity contribution in [2.75, 3.05) is 29.1 Å². The molecule has 186 valence electrons. The molecule has 0 radical (unpaired) electrons. The number of hydrogen-bond donors (Lipinski definition) is 2. The first-order valence-electron chi connectivity index (χ1n) is 11.9. The molecule has 0 saturated heterocycles. The lowest BCUT2D eigenvalue weighted by Crippen LogP contribution is -2.35. The zero-order valence-corrected chi connectivity index (χ0v) is 21.7. The SMILES string of the molecule is CC(C)(C)OC(=O)N[C@H]1C[C@@H]1Nc1nc(N2CC=C(c3ccc(Cl)cc3)CC2)nc2c1S(=O)CC2. The van der Waals surface area contributed by atoms with Crippen LogP contribution in [-0.2, 0) is 22.0 Å². The van der Waals surface area contributed by atoms with E-state index in [1.165, 1.54) is 11.1 Å². The Morgan fingerprint density at radius 3 is 2.63 bits per heavy atom. The highest BCUT2D eigenvalue weighted by Crippen LogP contribution is 2.35. The van der Waals surface area contributed by atoms with E-state index in [-0.39, 0.29) is 12.1 Å². The van der Waals surface area contributed by atoms with Crippen LogP contribution in [0.2, 0.25) is 5.02 Å². The Morgan fingerprint density at radius 2 is 1.94 bits per heavy atom. The molecule has 1 aromatic heterocycles. The first kappa shape index (κ1) is 24.1. The van der Waals surface area contributed by atoms with Crippen molar-refractivity contribution in [1.29, 1.82) is 0 Å². The average Bonchev–Trinajstić information content (AvgIpc) is 3.40. The lowest BCUT2D eigenvalue weighted by atomic mass is 10.00. The van der Waals surface area contributed by atoms with Crippen LogP contribution in [0.4, 0.5) is 16.6 Å². The third-order valence-electron chi connectivity index (χ3n) is 6.20. The normalized spacial score (nSPS) is 23.4. The number of anilines is 2. The van der Waals surface area contributed by atoms with Crippen molar-refractivity contribution in [2.45, 2.75) is 62.6 Å². The number of halogens is 1. The lowest BCUT2D eigenvalue weighted by molar-refractivity contribution is 0.0523. The van der Waals surface area contributed by atoms with Gasteiger partial charge < -0.3 is 20.3 Å². The summed E-state index contributed by atoms with van der Waals surface area (Å²) in [7, 11) is -1.12. The average molecular weight is 516 g/mol. The van der Waals surface area contributed by atoms with Crippen LogP contribution in [0.3, 0.4) is 0 Å². The Labute approximate surface area is 213 Å². The molecule has 10 heteroatoms. The number of carbonyl (C=O) groups excluding carboxylic acids is 1. The van der Waals surface area contributed by atoms with Crippen LogP contribution < -0.4 is 15.5 Å². The van der Waals surface area contributed by atoms with Gasteiger partial charge in [0, 0.05) is 30.3 Å². The minimum Gasteiger partial charge on any atom is -0.444 e. The number of aryl methyl sites for hydroxylation is 1. The fourth-order valence-corrected chi connectivity index (χ4v) is 5.79. The number of nitrogens with one attached hydrogen (secondary N) is 2. The number of nitrogens with zero attached hydrogens (tertiary/aromatic N) is 3. The first-order chi connectivity index (χ1) is 16.7. The van der Waals surface area contributed by atoms with E-state index in [9.17, 15) is 9.00 Å². The zero-order chi connectivity index (χ0) is 24.7. The van der Waals surface area contributed by atoms with Gasteiger partial charge in [0.25, 0.3) is 0 Å². The van der Waals surface area contributed by atoms with Gasteiger partial charge in [0.15, 0.2) is 0 Å². The molecule has 1 aromatic carbocycles. The summed E-state index contributed by atoms with van der Waals surface area (Å²) in [6.45, 7) is 7.01.